The highest BCUT2D eigenvalue weighted by Crippen LogP contribution is 2.78. The lowest BCUT2D eigenvalue weighted by atomic mass is 9.31. The third kappa shape index (κ3) is 2.54. The Balaban J connectivity index is 1.56. The predicted octanol–water partition coefficient (Wildman–Crippen LogP) is 8.02. The van der Waals surface area contributed by atoms with E-state index in [4.69, 9.17) is 0 Å². The summed E-state index contributed by atoms with van der Waals surface area (Å²) >= 11 is 0. The number of rotatable bonds is 1. The molecule has 0 amide bonds. The quantitative estimate of drug-likeness (QED) is 0.421. The summed E-state index contributed by atoms with van der Waals surface area (Å²) in [6.45, 7) is 20.5. The minimum atomic E-state index is -0.0971. The van der Waals surface area contributed by atoms with Gasteiger partial charge in [-0.05, 0) is 121 Å². The third-order valence-electron chi connectivity index (χ3n) is 13.5. The SMILES string of the molecule is CC1=CCC[C@@H]2[C@]3(C)CC[C@@]4(C)[C@@H]5[C@H](O)C[C@H](C(C)C)[C@@]5(C)CC[C@]4(C)[C@@H]3CC[C@]12C. The number of aliphatic hydroxyl groups excluding tert-OH is 1. The molecule has 0 bridgehead atoms. The van der Waals surface area contributed by atoms with Crippen LogP contribution in [0.15, 0.2) is 11.6 Å². The van der Waals surface area contributed by atoms with Gasteiger partial charge in [-0.2, -0.15) is 0 Å². The van der Waals surface area contributed by atoms with E-state index in [1.54, 1.807) is 5.57 Å². The molecule has 0 aliphatic heterocycles. The van der Waals surface area contributed by atoms with Crippen LogP contribution in [0.4, 0.5) is 0 Å². The fourth-order valence-electron chi connectivity index (χ4n) is 11.7. The molecule has 0 spiro atoms. The molecular formula is C30H50O. The molecule has 0 aromatic heterocycles. The Bertz CT molecular complexity index is 781. The zero-order valence-electron chi connectivity index (χ0n) is 21.9. The molecule has 0 aromatic rings. The van der Waals surface area contributed by atoms with E-state index in [1.165, 1.54) is 51.4 Å². The topological polar surface area (TPSA) is 20.2 Å². The van der Waals surface area contributed by atoms with Crippen LogP contribution in [0, 0.1) is 56.7 Å². The van der Waals surface area contributed by atoms with Crippen LogP contribution in [0.2, 0.25) is 0 Å². The van der Waals surface area contributed by atoms with Crippen molar-refractivity contribution < 1.29 is 5.11 Å². The number of hydrogen-bond acceptors (Lipinski definition) is 1. The minimum absolute atomic E-state index is 0.0971. The lowest BCUT2D eigenvalue weighted by molar-refractivity contribution is -0.245. The van der Waals surface area contributed by atoms with Crippen LogP contribution in [0.1, 0.15) is 113 Å². The average molecular weight is 427 g/mol. The third-order valence-corrected chi connectivity index (χ3v) is 13.5. The Kier molecular flexibility index (Phi) is 4.82. The van der Waals surface area contributed by atoms with Gasteiger partial charge in [0.2, 0.25) is 0 Å². The first-order chi connectivity index (χ1) is 14.3. The van der Waals surface area contributed by atoms with Crippen molar-refractivity contribution >= 4 is 0 Å². The lowest BCUT2D eigenvalue weighted by Crippen LogP contribution is -2.66. The monoisotopic (exact) mass is 426 g/mol. The Labute approximate surface area is 192 Å². The molecule has 1 N–H and O–H groups in total. The Morgan fingerprint density at radius 2 is 1.48 bits per heavy atom. The maximum Gasteiger partial charge on any atom is 0.0582 e. The van der Waals surface area contributed by atoms with E-state index in [9.17, 15) is 5.11 Å². The number of aliphatic hydroxyl groups is 1. The molecule has 176 valence electrons. The fraction of sp³-hybridized carbons (Fsp3) is 0.933. The van der Waals surface area contributed by atoms with E-state index in [0.717, 1.165) is 18.3 Å². The molecule has 0 unspecified atom stereocenters. The Morgan fingerprint density at radius 3 is 2.16 bits per heavy atom. The molecule has 0 aromatic carbocycles. The fourth-order valence-corrected chi connectivity index (χ4v) is 11.7. The van der Waals surface area contributed by atoms with Crippen LogP contribution in [0.5, 0.6) is 0 Å². The summed E-state index contributed by atoms with van der Waals surface area (Å²) in [6.07, 6.45) is 14.4. The molecule has 4 saturated carbocycles. The predicted molar refractivity (Wildman–Crippen MR) is 131 cm³/mol. The molecule has 5 aliphatic carbocycles. The van der Waals surface area contributed by atoms with E-state index in [1.807, 2.05) is 0 Å². The second-order valence-electron chi connectivity index (χ2n) is 14.5. The van der Waals surface area contributed by atoms with E-state index in [2.05, 4.69) is 61.5 Å². The van der Waals surface area contributed by atoms with Gasteiger partial charge in [0.05, 0.1) is 6.10 Å². The highest BCUT2D eigenvalue weighted by atomic mass is 16.3. The first-order valence-electron chi connectivity index (χ1n) is 13.7. The molecule has 1 nitrogen and oxygen atoms in total. The van der Waals surface area contributed by atoms with E-state index < -0.39 is 0 Å². The smallest absolute Gasteiger partial charge is 0.0582 e. The largest absolute Gasteiger partial charge is 0.393 e. The summed E-state index contributed by atoms with van der Waals surface area (Å²) in [5.41, 5.74) is 3.54. The van der Waals surface area contributed by atoms with Crippen LogP contribution in [0.25, 0.3) is 0 Å². The highest BCUT2D eigenvalue weighted by Gasteiger charge is 2.72. The van der Waals surface area contributed by atoms with Crippen molar-refractivity contribution in [2.75, 3.05) is 0 Å². The van der Waals surface area contributed by atoms with Gasteiger partial charge in [0.25, 0.3) is 0 Å². The van der Waals surface area contributed by atoms with Gasteiger partial charge in [-0.1, -0.05) is 60.1 Å². The second-order valence-corrected chi connectivity index (χ2v) is 14.5. The van der Waals surface area contributed by atoms with Gasteiger partial charge in [-0.25, -0.2) is 0 Å². The molecule has 1 heteroatoms. The Morgan fingerprint density at radius 1 is 0.839 bits per heavy atom. The average Bonchev–Trinajstić information content (AvgIpc) is 2.97. The summed E-state index contributed by atoms with van der Waals surface area (Å²) in [5.74, 6) is 3.51. The molecule has 4 fully saturated rings. The van der Waals surface area contributed by atoms with Crippen molar-refractivity contribution in [3.05, 3.63) is 11.6 Å². The van der Waals surface area contributed by atoms with Crippen molar-refractivity contribution in [2.45, 2.75) is 119 Å². The maximum atomic E-state index is 11.5. The summed E-state index contributed by atoms with van der Waals surface area (Å²) in [7, 11) is 0. The van der Waals surface area contributed by atoms with Crippen molar-refractivity contribution in [1.82, 2.24) is 0 Å². The van der Waals surface area contributed by atoms with Crippen molar-refractivity contribution in [3.63, 3.8) is 0 Å². The van der Waals surface area contributed by atoms with Crippen LogP contribution in [-0.2, 0) is 0 Å². The van der Waals surface area contributed by atoms with Gasteiger partial charge in [0.15, 0.2) is 0 Å². The molecule has 0 saturated heterocycles. The van der Waals surface area contributed by atoms with Gasteiger partial charge >= 0.3 is 0 Å². The van der Waals surface area contributed by atoms with E-state index >= 15 is 0 Å². The first-order valence-corrected chi connectivity index (χ1v) is 13.7. The normalized spacial score (nSPS) is 58.8. The van der Waals surface area contributed by atoms with Crippen molar-refractivity contribution in [3.8, 4) is 0 Å². The zero-order chi connectivity index (χ0) is 22.6. The van der Waals surface area contributed by atoms with Gasteiger partial charge in [0, 0.05) is 0 Å². The van der Waals surface area contributed by atoms with Gasteiger partial charge in [-0.3, -0.25) is 0 Å². The number of fused-ring (bicyclic) bond motifs is 7. The summed E-state index contributed by atoms with van der Waals surface area (Å²) in [4.78, 5) is 0. The van der Waals surface area contributed by atoms with Gasteiger partial charge in [-0.15, -0.1) is 0 Å². The standard InChI is InChI=1S/C30H50O/c1-19(2)21-18-22(31)25-27(21,5)14-16-29(7)24-12-13-26(4)20(3)10-9-11-23(26)28(24,6)15-17-30(25,29)8/h10,19,21-25,31H,9,11-18H2,1-8H3/t21-,22-,23+,24-,25-,26-,27-,28+,29-,30+/m1/s1. The lowest BCUT2D eigenvalue weighted by Gasteiger charge is -2.73. The summed E-state index contributed by atoms with van der Waals surface area (Å²) in [6, 6.07) is 0. The number of hydrogen-bond donors (Lipinski definition) is 1. The molecular weight excluding hydrogens is 376 g/mol. The van der Waals surface area contributed by atoms with Crippen LogP contribution < -0.4 is 0 Å². The molecule has 0 heterocycles. The van der Waals surface area contributed by atoms with Crippen LogP contribution in [-0.4, -0.2) is 11.2 Å². The summed E-state index contributed by atoms with van der Waals surface area (Å²) < 4.78 is 0. The highest BCUT2D eigenvalue weighted by molar-refractivity contribution is 5.26. The van der Waals surface area contributed by atoms with E-state index in [-0.39, 0.29) is 11.5 Å². The van der Waals surface area contributed by atoms with Gasteiger partial charge in [0.1, 0.15) is 0 Å². The first kappa shape index (κ1) is 22.5. The molecule has 5 rings (SSSR count). The van der Waals surface area contributed by atoms with Crippen molar-refractivity contribution in [2.24, 2.45) is 56.7 Å². The molecule has 31 heavy (non-hydrogen) atoms. The summed E-state index contributed by atoms with van der Waals surface area (Å²) in [5, 5.41) is 11.5. The molecule has 0 radical (unpaired) electrons. The second kappa shape index (κ2) is 6.64. The van der Waals surface area contributed by atoms with Gasteiger partial charge < -0.3 is 5.11 Å². The van der Waals surface area contributed by atoms with Crippen molar-refractivity contribution in [1.29, 1.82) is 0 Å². The minimum Gasteiger partial charge on any atom is -0.393 e. The zero-order valence-corrected chi connectivity index (χ0v) is 21.9. The molecule has 5 aliphatic rings. The van der Waals surface area contributed by atoms with Crippen LogP contribution in [0.3, 0.4) is 0 Å². The number of allylic oxidation sites excluding steroid dienone is 2. The maximum absolute atomic E-state index is 11.5. The Hall–Kier alpha value is -0.300. The van der Waals surface area contributed by atoms with Crippen LogP contribution >= 0.6 is 0 Å². The van der Waals surface area contributed by atoms with E-state index in [0.29, 0.717) is 39.4 Å². The molecule has 10 atom stereocenters.